The Morgan fingerprint density at radius 3 is 2.68 bits per heavy atom. The Balaban J connectivity index is 2.32. The number of nitrogens with zero attached hydrogens (tertiary/aromatic N) is 2. The summed E-state index contributed by atoms with van der Waals surface area (Å²) in [5.41, 5.74) is -0.847. The number of amides is 2. The average molecular weight is 281 g/mol. The van der Waals surface area contributed by atoms with Crippen LogP contribution in [0.1, 0.15) is 32.7 Å². The van der Waals surface area contributed by atoms with Gasteiger partial charge in [-0.2, -0.15) is 0 Å². The third-order valence-electron chi connectivity index (χ3n) is 3.26. The molecule has 0 spiro atoms. The van der Waals surface area contributed by atoms with Crippen molar-refractivity contribution in [1.82, 2.24) is 15.2 Å². The molecule has 19 heavy (non-hydrogen) atoms. The Kier molecular flexibility index (Phi) is 3.62. The highest BCUT2D eigenvalue weighted by Gasteiger charge is 2.46. The summed E-state index contributed by atoms with van der Waals surface area (Å²) >= 11 is 1.50. The van der Waals surface area contributed by atoms with E-state index in [1.807, 2.05) is 19.2 Å². The van der Waals surface area contributed by atoms with Crippen LogP contribution in [-0.4, -0.2) is 33.3 Å². The van der Waals surface area contributed by atoms with E-state index >= 15 is 0 Å². The normalized spacial score (nSPS) is 22.8. The van der Waals surface area contributed by atoms with Crippen molar-refractivity contribution in [1.29, 1.82) is 0 Å². The molecule has 104 valence electrons. The number of aromatic nitrogens is 1. The first-order valence-corrected chi connectivity index (χ1v) is 7.22. The summed E-state index contributed by atoms with van der Waals surface area (Å²) < 4.78 is 0. The zero-order chi connectivity index (χ0) is 14.2. The fourth-order valence-electron chi connectivity index (χ4n) is 2.37. The number of carbonyl (C=O) groups excluding carboxylic acids is 2. The van der Waals surface area contributed by atoms with Crippen molar-refractivity contribution < 1.29 is 9.59 Å². The van der Waals surface area contributed by atoms with E-state index in [1.54, 1.807) is 24.9 Å². The molecule has 2 rings (SSSR count). The number of rotatable bonds is 3. The zero-order valence-electron chi connectivity index (χ0n) is 11.6. The van der Waals surface area contributed by atoms with E-state index < -0.39 is 11.6 Å². The molecule has 1 aromatic rings. The van der Waals surface area contributed by atoms with Crippen LogP contribution >= 0.6 is 11.3 Å². The number of hydrogen-bond donors (Lipinski definition) is 1. The Morgan fingerprint density at radius 1 is 1.47 bits per heavy atom. The average Bonchev–Trinajstić information content (AvgIpc) is 2.77. The van der Waals surface area contributed by atoms with Crippen LogP contribution in [-0.2, 0) is 16.1 Å². The second kappa shape index (κ2) is 4.92. The molecule has 2 amide bonds. The fourth-order valence-corrected chi connectivity index (χ4v) is 2.99. The van der Waals surface area contributed by atoms with Gasteiger partial charge < -0.3 is 10.2 Å². The monoisotopic (exact) mass is 281 g/mol. The van der Waals surface area contributed by atoms with Crippen molar-refractivity contribution in [3.8, 4) is 0 Å². The van der Waals surface area contributed by atoms with Crippen molar-refractivity contribution in [3.63, 3.8) is 0 Å². The molecule has 1 N–H and O–H groups in total. The van der Waals surface area contributed by atoms with Crippen molar-refractivity contribution in [2.75, 3.05) is 0 Å². The smallest absolute Gasteiger partial charge is 0.248 e. The van der Waals surface area contributed by atoms with Gasteiger partial charge in [-0.3, -0.25) is 9.59 Å². The van der Waals surface area contributed by atoms with Crippen molar-refractivity contribution in [2.45, 2.75) is 45.8 Å². The highest BCUT2D eigenvalue weighted by atomic mass is 32.1. The van der Waals surface area contributed by atoms with Gasteiger partial charge in [-0.05, 0) is 19.8 Å². The lowest BCUT2D eigenvalue weighted by Gasteiger charge is -2.44. The summed E-state index contributed by atoms with van der Waals surface area (Å²) in [6.45, 7) is 7.77. The first-order valence-electron chi connectivity index (χ1n) is 6.34. The topological polar surface area (TPSA) is 62.3 Å². The molecule has 1 fully saturated rings. The van der Waals surface area contributed by atoms with Crippen LogP contribution in [0.4, 0.5) is 0 Å². The van der Waals surface area contributed by atoms with E-state index in [0.29, 0.717) is 6.54 Å². The van der Waals surface area contributed by atoms with Gasteiger partial charge in [0.1, 0.15) is 16.6 Å². The van der Waals surface area contributed by atoms with E-state index in [9.17, 15) is 9.59 Å². The largest absolute Gasteiger partial charge is 0.340 e. The number of thiazole rings is 1. The van der Waals surface area contributed by atoms with Gasteiger partial charge in [0.05, 0.1) is 6.54 Å². The molecule has 0 radical (unpaired) electrons. The first kappa shape index (κ1) is 14.0. The predicted molar refractivity (Wildman–Crippen MR) is 73.5 cm³/mol. The first-order chi connectivity index (χ1) is 8.83. The van der Waals surface area contributed by atoms with Gasteiger partial charge >= 0.3 is 0 Å². The highest BCUT2D eigenvalue weighted by Crippen LogP contribution is 2.25. The molecule has 1 aromatic heterocycles. The molecule has 2 heterocycles. The third kappa shape index (κ3) is 2.63. The minimum absolute atomic E-state index is 0.0546. The maximum absolute atomic E-state index is 12.5. The summed E-state index contributed by atoms with van der Waals surface area (Å²) in [6, 6.07) is -0.426. The van der Waals surface area contributed by atoms with E-state index in [1.165, 1.54) is 11.3 Å². The van der Waals surface area contributed by atoms with Crippen molar-refractivity contribution >= 4 is 23.2 Å². The van der Waals surface area contributed by atoms with E-state index in [4.69, 9.17) is 0 Å². The standard InChI is InChI=1S/C13H19N3O2S/c1-8(2)10-11(17)15-13(3,4)12(18)16(10)7-9-14-5-6-19-9/h5-6,8,10H,7H2,1-4H3,(H,15,17). The Morgan fingerprint density at radius 2 is 2.16 bits per heavy atom. The van der Waals surface area contributed by atoms with Crippen LogP contribution < -0.4 is 5.32 Å². The van der Waals surface area contributed by atoms with Gasteiger partial charge in [0.15, 0.2) is 0 Å². The molecule has 1 aliphatic heterocycles. The Labute approximate surface area is 117 Å². The van der Waals surface area contributed by atoms with Gasteiger partial charge in [-0.25, -0.2) is 4.98 Å². The maximum atomic E-state index is 12.5. The third-order valence-corrected chi connectivity index (χ3v) is 4.02. The van der Waals surface area contributed by atoms with Crippen LogP contribution in [0.25, 0.3) is 0 Å². The molecule has 1 aliphatic rings. The van der Waals surface area contributed by atoms with Crippen molar-refractivity contribution in [3.05, 3.63) is 16.6 Å². The lowest BCUT2D eigenvalue weighted by atomic mass is 9.91. The number of carbonyl (C=O) groups is 2. The Hall–Kier alpha value is -1.43. The highest BCUT2D eigenvalue weighted by molar-refractivity contribution is 7.09. The summed E-state index contributed by atoms with van der Waals surface area (Å²) in [7, 11) is 0. The lowest BCUT2D eigenvalue weighted by molar-refractivity contribution is -0.156. The van der Waals surface area contributed by atoms with Gasteiger partial charge in [0.25, 0.3) is 0 Å². The van der Waals surface area contributed by atoms with Crippen LogP contribution in [0, 0.1) is 5.92 Å². The molecule has 6 heteroatoms. The molecule has 1 saturated heterocycles. The van der Waals surface area contributed by atoms with Crippen LogP contribution in [0.2, 0.25) is 0 Å². The molecule has 5 nitrogen and oxygen atoms in total. The zero-order valence-corrected chi connectivity index (χ0v) is 12.5. The van der Waals surface area contributed by atoms with Crippen LogP contribution in [0.5, 0.6) is 0 Å². The molecule has 0 aromatic carbocycles. The summed E-state index contributed by atoms with van der Waals surface area (Å²) in [4.78, 5) is 30.6. The molecule has 0 bridgehead atoms. The van der Waals surface area contributed by atoms with Crippen molar-refractivity contribution in [2.24, 2.45) is 5.92 Å². The molecule has 1 unspecified atom stereocenters. The number of piperazine rings is 1. The fraction of sp³-hybridized carbons (Fsp3) is 0.615. The molecule has 1 atom stereocenters. The predicted octanol–water partition coefficient (Wildman–Crippen LogP) is 1.40. The minimum Gasteiger partial charge on any atom is -0.340 e. The van der Waals surface area contributed by atoms with Gasteiger partial charge in [-0.1, -0.05) is 13.8 Å². The van der Waals surface area contributed by atoms with Gasteiger partial charge in [0.2, 0.25) is 11.8 Å². The SMILES string of the molecule is CC(C)C1C(=O)NC(C)(C)C(=O)N1Cc1nccs1. The summed E-state index contributed by atoms with van der Waals surface area (Å²) in [5, 5.41) is 5.53. The second-order valence-corrected chi connectivity index (χ2v) is 6.64. The minimum atomic E-state index is -0.847. The molecule has 0 saturated carbocycles. The molecular weight excluding hydrogens is 262 g/mol. The van der Waals surface area contributed by atoms with Crippen LogP contribution in [0.3, 0.4) is 0 Å². The number of hydrogen-bond acceptors (Lipinski definition) is 4. The molecule has 0 aliphatic carbocycles. The summed E-state index contributed by atoms with van der Waals surface area (Å²) in [5.74, 6) is -0.0721. The quantitative estimate of drug-likeness (QED) is 0.911. The second-order valence-electron chi connectivity index (χ2n) is 5.66. The van der Waals surface area contributed by atoms with E-state index in [-0.39, 0.29) is 17.7 Å². The molecular formula is C13H19N3O2S. The van der Waals surface area contributed by atoms with E-state index in [0.717, 1.165) is 5.01 Å². The van der Waals surface area contributed by atoms with E-state index in [2.05, 4.69) is 10.3 Å². The number of nitrogens with one attached hydrogen (secondary N) is 1. The van der Waals surface area contributed by atoms with Crippen LogP contribution in [0.15, 0.2) is 11.6 Å². The summed E-state index contributed by atoms with van der Waals surface area (Å²) in [6.07, 6.45) is 1.71. The maximum Gasteiger partial charge on any atom is 0.248 e. The Bertz CT molecular complexity index is 482. The van der Waals surface area contributed by atoms with Gasteiger partial charge in [0, 0.05) is 11.6 Å². The van der Waals surface area contributed by atoms with Gasteiger partial charge in [-0.15, -0.1) is 11.3 Å². The lowest BCUT2D eigenvalue weighted by Crippen LogP contribution is -2.68.